The number of rotatable bonds is 8. The molecule has 0 saturated carbocycles. The van der Waals surface area contributed by atoms with Crippen molar-refractivity contribution in [3.05, 3.63) is 53.5 Å². The van der Waals surface area contributed by atoms with E-state index in [9.17, 15) is 0 Å². The predicted molar refractivity (Wildman–Crippen MR) is 77.6 cm³/mol. The molecule has 4 heteroatoms. The molecule has 0 aliphatic heterocycles. The number of furan rings is 1. The maximum absolute atomic E-state index is 5.71. The minimum absolute atomic E-state index is 0.477. The topological polar surface area (TPSA) is 43.6 Å². The highest BCUT2D eigenvalue weighted by molar-refractivity contribution is 5.27. The first-order chi connectivity index (χ1) is 9.83. The van der Waals surface area contributed by atoms with Gasteiger partial charge in [-0.2, -0.15) is 0 Å². The van der Waals surface area contributed by atoms with Gasteiger partial charge in [-0.05, 0) is 30.3 Å². The molecule has 0 unspecified atom stereocenters. The normalized spacial score (nSPS) is 10.7. The van der Waals surface area contributed by atoms with Crippen molar-refractivity contribution in [1.82, 2.24) is 5.32 Å². The molecule has 0 spiro atoms. The minimum Gasteiger partial charge on any atom is -0.497 e. The summed E-state index contributed by atoms with van der Waals surface area (Å²) >= 11 is 0. The highest BCUT2D eigenvalue weighted by Crippen LogP contribution is 2.16. The van der Waals surface area contributed by atoms with Gasteiger partial charge < -0.3 is 19.2 Å². The molecule has 1 N–H and O–H groups in total. The number of ether oxygens (including phenoxy) is 2. The van der Waals surface area contributed by atoms with E-state index in [0.717, 1.165) is 35.7 Å². The molecule has 0 aliphatic carbocycles. The number of nitrogens with one attached hydrogen (secondary N) is 1. The summed E-state index contributed by atoms with van der Waals surface area (Å²) in [6, 6.07) is 9.85. The van der Waals surface area contributed by atoms with Crippen LogP contribution in [0.2, 0.25) is 0 Å². The van der Waals surface area contributed by atoms with Gasteiger partial charge in [-0.3, -0.25) is 0 Å². The van der Waals surface area contributed by atoms with E-state index in [2.05, 4.69) is 12.2 Å². The van der Waals surface area contributed by atoms with E-state index in [1.54, 1.807) is 13.4 Å². The van der Waals surface area contributed by atoms with E-state index >= 15 is 0 Å². The Morgan fingerprint density at radius 1 is 1.20 bits per heavy atom. The highest BCUT2D eigenvalue weighted by atomic mass is 16.5. The van der Waals surface area contributed by atoms with Crippen LogP contribution in [-0.4, -0.2) is 13.7 Å². The summed E-state index contributed by atoms with van der Waals surface area (Å²) in [5, 5.41) is 3.28. The fourth-order valence-corrected chi connectivity index (χ4v) is 1.93. The summed E-state index contributed by atoms with van der Waals surface area (Å²) in [6.45, 7) is 4.85. The van der Waals surface area contributed by atoms with Crippen LogP contribution in [0.4, 0.5) is 0 Å². The Hall–Kier alpha value is -1.78. The molecule has 2 aromatic rings. The lowest BCUT2D eigenvalue weighted by molar-refractivity contribution is 0.0920. The van der Waals surface area contributed by atoms with E-state index in [1.165, 1.54) is 0 Å². The van der Waals surface area contributed by atoms with Crippen LogP contribution >= 0.6 is 0 Å². The first kappa shape index (κ1) is 14.6. The minimum atomic E-state index is 0.477. The fraction of sp³-hybridized carbons (Fsp3) is 0.375. The SMILES string of the molecule is CCNCc1ccoc1COCc1cccc(OC)c1. The molecule has 0 aliphatic rings. The van der Waals surface area contributed by atoms with E-state index in [1.807, 2.05) is 30.3 Å². The van der Waals surface area contributed by atoms with Crippen molar-refractivity contribution in [3.8, 4) is 5.75 Å². The lowest BCUT2D eigenvalue weighted by atomic mass is 10.2. The molecular formula is C16H21NO3. The van der Waals surface area contributed by atoms with Crippen molar-refractivity contribution in [2.24, 2.45) is 0 Å². The van der Waals surface area contributed by atoms with E-state index in [4.69, 9.17) is 13.9 Å². The Morgan fingerprint density at radius 3 is 2.90 bits per heavy atom. The maximum atomic E-state index is 5.71. The summed E-state index contributed by atoms with van der Waals surface area (Å²) < 4.78 is 16.4. The van der Waals surface area contributed by atoms with E-state index in [0.29, 0.717) is 13.2 Å². The average Bonchev–Trinajstić information content (AvgIpc) is 2.93. The standard InChI is InChI=1S/C16H21NO3/c1-3-17-10-14-7-8-20-16(14)12-19-11-13-5-4-6-15(9-13)18-2/h4-9,17H,3,10-12H2,1-2H3. The van der Waals surface area contributed by atoms with Gasteiger partial charge in [0.2, 0.25) is 0 Å². The molecule has 2 rings (SSSR count). The first-order valence-corrected chi connectivity index (χ1v) is 6.80. The zero-order chi connectivity index (χ0) is 14.2. The second-order valence-electron chi connectivity index (χ2n) is 4.49. The largest absolute Gasteiger partial charge is 0.497 e. The summed E-state index contributed by atoms with van der Waals surface area (Å²) in [5.41, 5.74) is 2.24. The van der Waals surface area contributed by atoms with Crippen molar-refractivity contribution in [2.45, 2.75) is 26.7 Å². The van der Waals surface area contributed by atoms with Crippen LogP contribution in [0.5, 0.6) is 5.75 Å². The molecule has 0 atom stereocenters. The third kappa shape index (κ3) is 4.11. The molecule has 0 bridgehead atoms. The lowest BCUT2D eigenvalue weighted by Crippen LogP contribution is -2.12. The Bertz CT molecular complexity index is 522. The molecule has 4 nitrogen and oxygen atoms in total. The van der Waals surface area contributed by atoms with Gasteiger partial charge in [-0.1, -0.05) is 19.1 Å². The van der Waals surface area contributed by atoms with Crippen molar-refractivity contribution in [3.63, 3.8) is 0 Å². The molecule has 1 aromatic heterocycles. The third-order valence-corrected chi connectivity index (χ3v) is 3.04. The second kappa shape index (κ2) is 7.72. The van der Waals surface area contributed by atoms with E-state index < -0.39 is 0 Å². The highest BCUT2D eigenvalue weighted by Gasteiger charge is 2.06. The van der Waals surface area contributed by atoms with E-state index in [-0.39, 0.29) is 0 Å². The molecule has 0 saturated heterocycles. The Labute approximate surface area is 119 Å². The molecule has 0 amide bonds. The Morgan fingerprint density at radius 2 is 2.10 bits per heavy atom. The predicted octanol–water partition coefficient (Wildman–Crippen LogP) is 3.11. The zero-order valence-electron chi connectivity index (χ0n) is 12.0. The first-order valence-electron chi connectivity index (χ1n) is 6.80. The number of hydrogen-bond acceptors (Lipinski definition) is 4. The monoisotopic (exact) mass is 275 g/mol. The zero-order valence-corrected chi connectivity index (χ0v) is 12.0. The van der Waals surface area contributed by atoms with Gasteiger partial charge in [-0.15, -0.1) is 0 Å². The van der Waals surface area contributed by atoms with Crippen molar-refractivity contribution in [2.75, 3.05) is 13.7 Å². The smallest absolute Gasteiger partial charge is 0.133 e. The number of methoxy groups -OCH3 is 1. The molecule has 0 fully saturated rings. The molecule has 0 radical (unpaired) electrons. The van der Waals surface area contributed by atoms with Crippen LogP contribution < -0.4 is 10.1 Å². The van der Waals surface area contributed by atoms with Gasteiger partial charge in [0.1, 0.15) is 18.1 Å². The summed E-state index contributed by atoms with van der Waals surface area (Å²) in [7, 11) is 1.66. The average molecular weight is 275 g/mol. The van der Waals surface area contributed by atoms with Gasteiger partial charge in [0.05, 0.1) is 20.0 Å². The van der Waals surface area contributed by atoms with Gasteiger partial charge in [0.25, 0.3) is 0 Å². The van der Waals surface area contributed by atoms with Gasteiger partial charge in [0.15, 0.2) is 0 Å². The molecule has 108 valence electrons. The van der Waals surface area contributed by atoms with Crippen LogP contribution in [0.3, 0.4) is 0 Å². The van der Waals surface area contributed by atoms with Crippen LogP contribution in [0.1, 0.15) is 23.8 Å². The number of benzene rings is 1. The van der Waals surface area contributed by atoms with Crippen molar-refractivity contribution in [1.29, 1.82) is 0 Å². The van der Waals surface area contributed by atoms with Crippen LogP contribution in [0.15, 0.2) is 41.0 Å². The molecule has 20 heavy (non-hydrogen) atoms. The lowest BCUT2D eigenvalue weighted by Gasteiger charge is -2.06. The quantitative estimate of drug-likeness (QED) is 0.804. The molecule has 1 heterocycles. The molecular weight excluding hydrogens is 254 g/mol. The maximum Gasteiger partial charge on any atom is 0.133 e. The number of hydrogen-bond donors (Lipinski definition) is 1. The summed E-state index contributed by atoms with van der Waals surface area (Å²) in [6.07, 6.45) is 1.71. The molecule has 1 aromatic carbocycles. The van der Waals surface area contributed by atoms with Gasteiger partial charge in [-0.25, -0.2) is 0 Å². The summed E-state index contributed by atoms with van der Waals surface area (Å²) in [5.74, 6) is 1.73. The van der Waals surface area contributed by atoms with Crippen molar-refractivity contribution < 1.29 is 13.9 Å². The summed E-state index contributed by atoms with van der Waals surface area (Å²) in [4.78, 5) is 0. The van der Waals surface area contributed by atoms with Crippen LogP contribution in [0, 0.1) is 0 Å². The Balaban J connectivity index is 1.84. The van der Waals surface area contributed by atoms with Crippen LogP contribution in [-0.2, 0) is 24.5 Å². The second-order valence-corrected chi connectivity index (χ2v) is 4.49. The fourth-order valence-electron chi connectivity index (χ4n) is 1.93. The van der Waals surface area contributed by atoms with Gasteiger partial charge >= 0.3 is 0 Å². The Kier molecular flexibility index (Phi) is 5.65. The van der Waals surface area contributed by atoms with Crippen molar-refractivity contribution >= 4 is 0 Å². The third-order valence-electron chi connectivity index (χ3n) is 3.04. The van der Waals surface area contributed by atoms with Gasteiger partial charge in [0, 0.05) is 12.1 Å². The van der Waals surface area contributed by atoms with Crippen LogP contribution in [0.25, 0.3) is 0 Å².